The Morgan fingerprint density at radius 2 is 2.15 bits per heavy atom. The van der Waals surface area contributed by atoms with Gasteiger partial charge >= 0.3 is 0 Å². The van der Waals surface area contributed by atoms with Crippen LogP contribution in [0.15, 0.2) is 25.1 Å². The highest BCUT2D eigenvalue weighted by Crippen LogP contribution is 2.05. The Labute approximate surface area is 89.7 Å². The highest BCUT2D eigenvalue weighted by molar-refractivity contribution is 8.93. The molecule has 0 atom stereocenters. The summed E-state index contributed by atoms with van der Waals surface area (Å²) in [6, 6.07) is 2.13. The lowest BCUT2D eigenvalue weighted by atomic mass is 10.4. The van der Waals surface area contributed by atoms with Crippen LogP contribution in [0.2, 0.25) is 0 Å². The van der Waals surface area contributed by atoms with E-state index >= 15 is 0 Å². The Bertz CT molecular complexity index is 219. The van der Waals surface area contributed by atoms with Gasteiger partial charge in [-0.05, 0) is 0 Å². The zero-order chi connectivity index (χ0) is 8.81. The molecule has 3 nitrogen and oxygen atoms in total. The summed E-state index contributed by atoms with van der Waals surface area (Å²) in [5.41, 5.74) is 0. The molecule has 0 bridgehead atoms. The first-order valence-electron chi connectivity index (χ1n) is 4.01. The Morgan fingerprint density at radius 1 is 1.46 bits per heavy atom. The molecule has 1 rings (SSSR count). The highest BCUT2D eigenvalue weighted by atomic mass is 79.9. The van der Waals surface area contributed by atoms with E-state index in [9.17, 15) is 0 Å². The molecule has 1 aliphatic rings. The van der Waals surface area contributed by atoms with Gasteiger partial charge in [-0.1, -0.05) is 6.08 Å². The third kappa shape index (κ3) is 4.00. The van der Waals surface area contributed by atoms with Crippen LogP contribution in [0.3, 0.4) is 0 Å². The smallest absolute Gasteiger partial charge is 0.0897 e. The third-order valence-corrected chi connectivity index (χ3v) is 1.73. The molecule has 1 aliphatic heterocycles. The van der Waals surface area contributed by atoms with E-state index in [0.29, 0.717) is 6.42 Å². The van der Waals surface area contributed by atoms with E-state index < -0.39 is 0 Å². The van der Waals surface area contributed by atoms with Crippen molar-refractivity contribution in [2.24, 2.45) is 0 Å². The van der Waals surface area contributed by atoms with Gasteiger partial charge in [0.15, 0.2) is 0 Å². The number of nitriles is 1. The molecule has 0 amide bonds. The average molecular weight is 244 g/mol. The first-order chi connectivity index (χ1) is 5.86. The van der Waals surface area contributed by atoms with Crippen LogP contribution in [-0.4, -0.2) is 29.6 Å². The maximum Gasteiger partial charge on any atom is 0.0897 e. The third-order valence-electron chi connectivity index (χ3n) is 1.73. The van der Waals surface area contributed by atoms with Crippen molar-refractivity contribution in [3.63, 3.8) is 0 Å². The molecule has 0 aromatic rings. The summed E-state index contributed by atoms with van der Waals surface area (Å²) < 4.78 is 0. The molecule has 0 saturated heterocycles. The van der Waals surface area contributed by atoms with E-state index in [1.54, 1.807) is 0 Å². The predicted molar refractivity (Wildman–Crippen MR) is 58.2 cm³/mol. The van der Waals surface area contributed by atoms with Gasteiger partial charge in [-0.2, -0.15) is 5.26 Å². The minimum Gasteiger partial charge on any atom is -0.358 e. The normalized spacial score (nSPS) is 13.8. The van der Waals surface area contributed by atoms with Gasteiger partial charge in [0, 0.05) is 25.5 Å². The maximum absolute atomic E-state index is 8.37. The Morgan fingerprint density at radius 3 is 2.77 bits per heavy atom. The lowest BCUT2D eigenvalue weighted by molar-refractivity contribution is 0.285. The molecule has 0 aliphatic carbocycles. The highest BCUT2D eigenvalue weighted by Gasteiger charge is 2.09. The zero-order valence-electron chi connectivity index (χ0n) is 7.52. The molecule has 0 spiro atoms. The molecule has 0 unspecified atom stereocenters. The van der Waals surface area contributed by atoms with Gasteiger partial charge in [0.2, 0.25) is 0 Å². The second kappa shape index (κ2) is 6.55. The maximum atomic E-state index is 8.37. The molecule has 0 radical (unpaired) electrons. The Balaban J connectivity index is 0.00000144. The molecule has 13 heavy (non-hydrogen) atoms. The van der Waals surface area contributed by atoms with Gasteiger partial charge in [0.25, 0.3) is 0 Å². The number of halogens is 1. The Hall–Kier alpha value is -0.950. The fraction of sp³-hybridized carbons (Fsp3) is 0.444. The van der Waals surface area contributed by atoms with Crippen molar-refractivity contribution in [3.05, 3.63) is 25.1 Å². The fourth-order valence-electron chi connectivity index (χ4n) is 1.14. The minimum atomic E-state index is 0. The summed E-state index contributed by atoms with van der Waals surface area (Å²) in [6.07, 6.45) is 6.50. The van der Waals surface area contributed by atoms with Crippen molar-refractivity contribution in [1.82, 2.24) is 9.80 Å². The van der Waals surface area contributed by atoms with Crippen LogP contribution in [0.1, 0.15) is 6.42 Å². The SMILES string of the molecule is Br.C=CCN1C=CN(CCC#N)C1. The summed E-state index contributed by atoms with van der Waals surface area (Å²) in [7, 11) is 0. The lowest BCUT2D eigenvalue weighted by Gasteiger charge is -2.18. The number of hydrogen-bond donors (Lipinski definition) is 0. The second-order valence-electron chi connectivity index (χ2n) is 2.72. The van der Waals surface area contributed by atoms with Crippen LogP contribution in [0.25, 0.3) is 0 Å². The molecule has 0 aromatic heterocycles. The standard InChI is InChI=1S/C9H13N3.BrH/c1-2-5-11-7-8-12(9-11)6-3-4-10;/h2,7-8H,1,3,5-6,9H2;1H. The van der Waals surface area contributed by atoms with Gasteiger partial charge < -0.3 is 9.80 Å². The van der Waals surface area contributed by atoms with Gasteiger partial charge in [0.05, 0.1) is 19.2 Å². The van der Waals surface area contributed by atoms with Gasteiger partial charge in [-0.3, -0.25) is 0 Å². The Kier molecular flexibility index (Phi) is 6.07. The van der Waals surface area contributed by atoms with Crippen molar-refractivity contribution in [3.8, 4) is 6.07 Å². The van der Waals surface area contributed by atoms with Crippen molar-refractivity contribution in [1.29, 1.82) is 5.26 Å². The van der Waals surface area contributed by atoms with Crippen molar-refractivity contribution >= 4 is 17.0 Å². The molecular formula is C9H14BrN3. The van der Waals surface area contributed by atoms with E-state index in [0.717, 1.165) is 19.8 Å². The van der Waals surface area contributed by atoms with Crippen LogP contribution in [0.4, 0.5) is 0 Å². The van der Waals surface area contributed by atoms with E-state index in [1.165, 1.54) is 0 Å². The van der Waals surface area contributed by atoms with Crippen LogP contribution < -0.4 is 0 Å². The molecule has 1 heterocycles. The summed E-state index contributed by atoms with van der Waals surface area (Å²) in [4.78, 5) is 4.26. The summed E-state index contributed by atoms with van der Waals surface area (Å²) in [6.45, 7) is 6.24. The van der Waals surface area contributed by atoms with Crippen LogP contribution >= 0.6 is 17.0 Å². The topological polar surface area (TPSA) is 30.3 Å². The number of nitrogens with zero attached hydrogens (tertiary/aromatic N) is 3. The fourth-order valence-corrected chi connectivity index (χ4v) is 1.14. The van der Waals surface area contributed by atoms with Crippen molar-refractivity contribution < 1.29 is 0 Å². The van der Waals surface area contributed by atoms with Crippen LogP contribution in [0.5, 0.6) is 0 Å². The van der Waals surface area contributed by atoms with Gasteiger partial charge in [0.1, 0.15) is 0 Å². The second-order valence-corrected chi connectivity index (χ2v) is 2.72. The summed E-state index contributed by atoms with van der Waals surface area (Å²) >= 11 is 0. The van der Waals surface area contributed by atoms with Gasteiger partial charge in [-0.25, -0.2) is 0 Å². The molecule has 4 heteroatoms. The molecule has 72 valence electrons. The molecule has 0 saturated carbocycles. The predicted octanol–water partition coefficient (Wildman–Crippen LogP) is 1.71. The van der Waals surface area contributed by atoms with Crippen LogP contribution in [-0.2, 0) is 0 Å². The van der Waals surface area contributed by atoms with Crippen LogP contribution in [0, 0.1) is 11.3 Å². The monoisotopic (exact) mass is 243 g/mol. The van der Waals surface area contributed by atoms with E-state index in [2.05, 4.69) is 22.4 Å². The molecule has 0 aromatic carbocycles. The van der Waals surface area contributed by atoms with E-state index in [4.69, 9.17) is 5.26 Å². The summed E-state index contributed by atoms with van der Waals surface area (Å²) in [5, 5.41) is 8.37. The van der Waals surface area contributed by atoms with Crippen molar-refractivity contribution in [2.45, 2.75) is 6.42 Å². The number of rotatable bonds is 4. The molecular weight excluding hydrogens is 230 g/mol. The number of hydrogen-bond acceptors (Lipinski definition) is 3. The quantitative estimate of drug-likeness (QED) is 0.705. The van der Waals surface area contributed by atoms with Gasteiger partial charge in [-0.15, -0.1) is 23.6 Å². The molecule has 0 N–H and O–H groups in total. The van der Waals surface area contributed by atoms with E-state index in [1.807, 2.05) is 18.5 Å². The molecule has 0 fully saturated rings. The largest absolute Gasteiger partial charge is 0.358 e. The van der Waals surface area contributed by atoms with E-state index in [-0.39, 0.29) is 17.0 Å². The lowest BCUT2D eigenvalue weighted by Crippen LogP contribution is -2.25. The first kappa shape index (κ1) is 12.0. The average Bonchev–Trinajstić information content (AvgIpc) is 2.50. The minimum absolute atomic E-state index is 0. The summed E-state index contributed by atoms with van der Waals surface area (Å²) in [5.74, 6) is 0. The first-order valence-corrected chi connectivity index (χ1v) is 4.01. The van der Waals surface area contributed by atoms with Crippen molar-refractivity contribution in [2.75, 3.05) is 19.8 Å². The zero-order valence-corrected chi connectivity index (χ0v) is 9.23.